The fraction of sp³-hybridized carbons (Fsp3) is 0.571. The molecule has 1 aromatic carbocycles. The highest BCUT2D eigenvalue weighted by molar-refractivity contribution is 9.10. The first-order chi connectivity index (χ1) is 8.45. The van der Waals surface area contributed by atoms with Gasteiger partial charge in [0.15, 0.2) is 0 Å². The highest BCUT2D eigenvalue weighted by Crippen LogP contribution is 2.34. The molecule has 1 heterocycles. The van der Waals surface area contributed by atoms with Gasteiger partial charge in [-0.3, -0.25) is 4.90 Å². The van der Waals surface area contributed by atoms with Gasteiger partial charge in [-0.25, -0.2) is 0 Å². The standard InChI is InChI=1S/C14H21BrN2O/c1-14(2)10-16(3)11(9-18)8-17(14)13-7-5-4-6-12(13)15/h4-7,11,18H,8-10H2,1-3H3. The summed E-state index contributed by atoms with van der Waals surface area (Å²) in [4.78, 5) is 4.63. The molecule has 0 radical (unpaired) electrons. The molecule has 1 saturated heterocycles. The number of benzene rings is 1. The smallest absolute Gasteiger partial charge is 0.0604 e. The number of piperazine rings is 1. The number of rotatable bonds is 2. The Balaban J connectivity index is 2.33. The van der Waals surface area contributed by atoms with Crippen molar-refractivity contribution in [3.63, 3.8) is 0 Å². The molecule has 4 heteroatoms. The third kappa shape index (κ3) is 2.56. The first kappa shape index (κ1) is 13.8. The molecule has 100 valence electrons. The number of aliphatic hydroxyl groups excluding tert-OH is 1. The Labute approximate surface area is 118 Å². The molecule has 0 bridgehead atoms. The summed E-state index contributed by atoms with van der Waals surface area (Å²) < 4.78 is 1.11. The van der Waals surface area contributed by atoms with Crippen LogP contribution in [0, 0.1) is 0 Å². The topological polar surface area (TPSA) is 26.7 Å². The SMILES string of the molecule is CN1CC(C)(C)N(c2ccccc2Br)CC1CO. The van der Waals surface area contributed by atoms with E-state index in [1.54, 1.807) is 0 Å². The van der Waals surface area contributed by atoms with Gasteiger partial charge in [-0.1, -0.05) is 12.1 Å². The molecule has 1 atom stereocenters. The van der Waals surface area contributed by atoms with Crippen molar-refractivity contribution >= 4 is 21.6 Å². The zero-order chi connectivity index (χ0) is 13.3. The number of hydrogen-bond donors (Lipinski definition) is 1. The summed E-state index contributed by atoms with van der Waals surface area (Å²) in [5.41, 5.74) is 1.26. The Hall–Kier alpha value is -0.580. The molecule has 2 rings (SSSR count). The van der Waals surface area contributed by atoms with E-state index in [9.17, 15) is 5.11 Å². The van der Waals surface area contributed by atoms with Gasteiger partial charge < -0.3 is 10.0 Å². The average molecular weight is 313 g/mol. The van der Waals surface area contributed by atoms with Gasteiger partial charge in [0, 0.05) is 23.1 Å². The number of hydrogen-bond acceptors (Lipinski definition) is 3. The summed E-state index contributed by atoms with van der Waals surface area (Å²) >= 11 is 3.62. The van der Waals surface area contributed by atoms with E-state index in [1.165, 1.54) is 5.69 Å². The number of halogens is 1. The van der Waals surface area contributed by atoms with Crippen molar-refractivity contribution in [3.8, 4) is 0 Å². The molecule has 1 aliphatic rings. The molecule has 1 fully saturated rings. The summed E-state index contributed by atoms with van der Waals surface area (Å²) in [6.07, 6.45) is 0. The van der Waals surface area contributed by atoms with Crippen molar-refractivity contribution < 1.29 is 5.11 Å². The lowest BCUT2D eigenvalue weighted by molar-refractivity contribution is 0.0980. The van der Waals surface area contributed by atoms with Gasteiger partial charge in [0.2, 0.25) is 0 Å². The summed E-state index contributed by atoms with van der Waals surface area (Å²) in [5.74, 6) is 0. The highest BCUT2D eigenvalue weighted by Gasteiger charge is 2.37. The van der Waals surface area contributed by atoms with Crippen LogP contribution in [0.5, 0.6) is 0 Å². The third-order valence-electron chi connectivity index (χ3n) is 3.74. The second-order valence-electron chi connectivity index (χ2n) is 5.63. The fourth-order valence-corrected chi connectivity index (χ4v) is 3.21. The van der Waals surface area contributed by atoms with Crippen molar-refractivity contribution in [3.05, 3.63) is 28.7 Å². The van der Waals surface area contributed by atoms with Crippen LogP contribution in [0.2, 0.25) is 0 Å². The number of likely N-dealkylation sites (N-methyl/N-ethyl adjacent to an activating group) is 1. The molecular formula is C14H21BrN2O. The first-order valence-corrected chi connectivity index (χ1v) is 7.08. The lowest BCUT2D eigenvalue weighted by atomic mass is 9.95. The molecule has 18 heavy (non-hydrogen) atoms. The van der Waals surface area contributed by atoms with Gasteiger partial charge in [-0.2, -0.15) is 0 Å². The first-order valence-electron chi connectivity index (χ1n) is 6.29. The summed E-state index contributed by atoms with van der Waals surface area (Å²) in [7, 11) is 2.08. The summed E-state index contributed by atoms with van der Waals surface area (Å²) in [6.45, 7) is 6.49. The van der Waals surface area contributed by atoms with Crippen LogP contribution >= 0.6 is 15.9 Å². The van der Waals surface area contributed by atoms with E-state index in [2.05, 4.69) is 64.8 Å². The average Bonchev–Trinajstić information content (AvgIpc) is 2.30. The van der Waals surface area contributed by atoms with Crippen molar-refractivity contribution in [1.29, 1.82) is 0 Å². The van der Waals surface area contributed by atoms with E-state index in [0.29, 0.717) is 0 Å². The summed E-state index contributed by atoms with van der Waals surface area (Å²) in [6, 6.07) is 8.48. The Morgan fingerprint density at radius 2 is 2.06 bits per heavy atom. The molecule has 3 nitrogen and oxygen atoms in total. The second kappa shape index (κ2) is 5.19. The number of aliphatic hydroxyl groups is 1. The zero-order valence-corrected chi connectivity index (χ0v) is 12.8. The molecule has 1 N–H and O–H groups in total. The quantitative estimate of drug-likeness (QED) is 0.908. The Morgan fingerprint density at radius 1 is 1.39 bits per heavy atom. The van der Waals surface area contributed by atoms with Crippen LogP contribution in [0.4, 0.5) is 5.69 Å². The van der Waals surface area contributed by atoms with E-state index in [4.69, 9.17) is 0 Å². The second-order valence-corrected chi connectivity index (χ2v) is 6.48. The van der Waals surface area contributed by atoms with Crippen LogP contribution in [0.15, 0.2) is 28.7 Å². The van der Waals surface area contributed by atoms with Gasteiger partial charge in [-0.05, 0) is 49.0 Å². The van der Waals surface area contributed by atoms with Crippen molar-refractivity contribution in [1.82, 2.24) is 4.90 Å². The largest absolute Gasteiger partial charge is 0.395 e. The molecule has 0 spiro atoms. The molecule has 1 aromatic rings. The van der Waals surface area contributed by atoms with Crippen LogP contribution in [-0.4, -0.2) is 48.3 Å². The van der Waals surface area contributed by atoms with Crippen LogP contribution in [0.1, 0.15) is 13.8 Å². The number of nitrogens with zero attached hydrogens (tertiary/aromatic N) is 2. The molecule has 1 unspecified atom stereocenters. The van der Waals surface area contributed by atoms with Crippen LogP contribution in [-0.2, 0) is 0 Å². The maximum atomic E-state index is 9.49. The number of para-hydroxylation sites is 1. The third-order valence-corrected chi connectivity index (χ3v) is 4.41. The van der Waals surface area contributed by atoms with Gasteiger partial charge in [-0.15, -0.1) is 0 Å². The number of anilines is 1. The van der Waals surface area contributed by atoms with E-state index < -0.39 is 0 Å². The lowest BCUT2D eigenvalue weighted by Gasteiger charge is -2.51. The zero-order valence-electron chi connectivity index (χ0n) is 11.2. The van der Waals surface area contributed by atoms with Crippen molar-refractivity contribution in [2.24, 2.45) is 0 Å². The maximum absolute atomic E-state index is 9.49. The van der Waals surface area contributed by atoms with Crippen LogP contribution in [0.3, 0.4) is 0 Å². The fourth-order valence-electron chi connectivity index (χ4n) is 2.71. The minimum Gasteiger partial charge on any atom is -0.395 e. The van der Waals surface area contributed by atoms with Crippen molar-refractivity contribution in [2.75, 3.05) is 31.6 Å². The molecule has 0 amide bonds. The normalized spacial score (nSPS) is 24.3. The minimum absolute atomic E-state index is 0.0598. The van der Waals surface area contributed by atoms with Crippen molar-refractivity contribution in [2.45, 2.75) is 25.4 Å². The maximum Gasteiger partial charge on any atom is 0.0604 e. The van der Waals surface area contributed by atoms with E-state index in [-0.39, 0.29) is 18.2 Å². The lowest BCUT2D eigenvalue weighted by Crippen LogP contribution is -2.63. The summed E-state index contributed by atoms with van der Waals surface area (Å²) in [5, 5.41) is 9.49. The Kier molecular flexibility index (Phi) is 3.99. The molecule has 0 aliphatic carbocycles. The molecule has 0 aromatic heterocycles. The molecular weight excluding hydrogens is 292 g/mol. The predicted octanol–water partition coefficient (Wildman–Crippen LogP) is 2.34. The van der Waals surface area contributed by atoms with Gasteiger partial charge >= 0.3 is 0 Å². The minimum atomic E-state index is 0.0598. The van der Waals surface area contributed by atoms with Gasteiger partial charge in [0.25, 0.3) is 0 Å². The Morgan fingerprint density at radius 3 is 2.67 bits per heavy atom. The van der Waals surface area contributed by atoms with Crippen LogP contribution < -0.4 is 4.90 Å². The molecule has 0 saturated carbocycles. The van der Waals surface area contributed by atoms with E-state index in [0.717, 1.165) is 17.6 Å². The monoisotopic (exact) mass is 312 g/mol. The Bertz CT molecular complexity index is 422. The van der Waals surface area contributed by atoms with Gasteiger partial charge in [0.1, 0.15) is 0 Å². The highest BCUT2D eigenvalue weighted by atomic mass is 79.9. The van der Waals surface area contributed by atoms with E-state index in [1.807, 2.05) is 6.07 Å². The predicted molar refractivity (Wildman–Crippen MR) is 79.1 cm³/mol. The van der Waals surface area contributed by atoms with Crippen LogP contribution in [0.25, 0.3) is 0 Å². The van der Waals surface area contributed by atoms with Gasteiger partial charge in [0.05, 0.1) is 18.3 Å². The molecule has 1 aliphatic heterocycles. The van der Waals surface area contributed by atoms with E-state index >= 15 is 0 Å².